The van der Waals surface area contributed by atoms with Gasteiger partial charge in [-0.05, 0) is 13.3 Å². The van der Waals surface area contributed by atoms with E-state index in [1.807, 2.05) is 21.0 Å². The van der Waals surface area contributed by atoms with E-state index in [2.05, 4.69) is 19.9 Å². The van der Waals surface area contributed by atoms with Gasteiger partial charge in [0.15, 0.2) is 5.82 Å². The molecule has 2 atom stereocenters. The minimum Gasteiger partial charge on any atom is -0.392 e. The Labute approximate surface area is 107 Å². The number of β-amino-alcohol motifs (C(OH)–C–C–N with tert-alkyl or cyclic N) is 1. The average molecular weight is 252 g/mol. The van der Waals surface area contributed by atoms with Crippen LogP contribution in [0.25, 0.3) is 0 Å². The van der Waals surface area contributed by atoms with Gasteiger partial charge in [0.1, 0.15) is 0 Å². The Hall–Kier alpha value is -1.47. The van der Waals surface area contributed by atoms with Crippen LogP contribution in [0.1, 0.15) is 25.2 Å². The zero-order valence-corrected chi connectivity index (χ0v) is 11.0. The van der Waals surface area contributed by atoms with Crippen molar-refractivity contribution in [2.24, 2.45) is 0 Å². The quantitative estimate of drug-likeness (QED) is 0.759. The van der Waals surface area contributed by atoms with Gasteiger partial charge in [-0.15, -0.1) is 0 Å². The lowest BCUT2D eigenvalue weighted by atomic mass is 10.3. The smallest absolute Gasteiger partial charge is 0.229 e. The molecule has 7 nitrogen and oxygen atoms in total. The number of hydrogen-bond donors (Lipinski definition) is 2. The zero-order chi connectivity index (χ0) is 13.3. The molecule has 1 aromatic rings. The molecular weight excluding hydrogens is 232 g/mol. The van der Waals surface area contributed by atoms with Crippen molar-refractivity contribution in [3.63, 3.8) is 0 Å². The molecule has 2 rings (SSSR count). The zero-order valence-electron chi connectivity index (χ0n) is 11.0. The molecule has 1 fully saturated rings. The number of anilines is 2. The molecule has 3 N–H and O–H groups in total. The van der Waals surface area contributed by atoms with Crippen LogP contribution >= 0.6 is 0 Å². The maximum absolute atomic E-state index is 9.57. The van der Waals surface area contributed by atoms with E-state index in [1.54, 1.807) is 4.90 Å². The molecule has 0 bridgehead atoms. The van der Waals surface area contributed by atoms with Crippen LogP contribution in [0.2, 0.25) is 0 Å². The number of nitrogen functional groups attached to an aromatic ring is 1. The van der Waals surface area contributed by atoms with E-state index in [-0.39, 0.29) is 18.1 Å². The van der Waals surface area contributed by atoms with Gasteiger partial charge in [-0.3, -0.25) is 4.90 Å². The second kappa shape index (κ2) is 5.03. The molecule has 0 aromatic carbocycles. The van der Waals surface area contributed by atoms with Gasteiger partial charge in [-0.1, -0.05) is 0 Å². The van der Waals surface area contributed by atoms with Crippen molar-refractivity contribution < 1.29 is 5.11 Å². The van der Waals surface area contributed by atoms with Crippen molar-refractivity contribution >= 4 is 11.9 Å². The summed E-state index contributed by atoms with van der Waals surface area (Å²) < 4.78 is 0. The van der Waals surface area contributed by atoms with E-state index in [9.17, 15) is 5.11 Å². The molecule has 1 unspecified atom stereocenters. The number of likely N-dealkylation sites (tertiary alicyclic amines) is 1. The summed E-state index contributed by atoms with van der Waals surface area (Å²) in [5.74, 6) is 1.44. The van der Waals surface area contributed by atoms with E-state index < -0.39 is 0 Å². The molecule has 7 heteroatoms. The highest BCUT2D eigenvalue weighted by molar-refractivity contribution is 5.33. The highest BCUT2D eigenvalue weighted by atomic mass is 16.3. The summed E-state index contributed by atoms with van der Waals surface area (Å²) in [5.41, 5.74) is 5.70. The maximum atomic E-state index is 9.57. The third-order valence-corrected chi connectivity index (χ3v) is 3.17. The number of nitrogens with zero attached hydrogens (tertiary/aromatic N) is 5. The molecule has 2 heterocycles. The number of nitrogens with two attached hydrogens (primary N) is 1. The van der Waals surface area contributed by atoms with Crippen LogP contribution in [0.3, 0.4) is 0 Å². The Bertz CT molecular complexity index is 424. The highest BCUT2D eigenvalue weighted by Crippen LogP contribution is 2.23. The van der Waals surface area contributed by atoms with Crippen LogP contribution in [0.4, 0.5) is 11.9 Å². The Morgan fingerprint density at radius 2 is 2.11 bits per heavy atom. The topological polar surface area (TPSA) is 91.4 Å². The average Bonchev–Trinajstić information content (AvgIpc) is 2.74. The summed E-state index contributed by atoms with van der Waals surface area (Å²) in [6, 6.07) is 0.0335. The van der Waals surface area contributed by atoms with Crippen LogP contribution in [0.15, 0.2) is 0 Å². The fraction of sp³-hybridized carbons (Fsp3) is 0.727. The number of aromatic nitrogens is 3. The third kappa shape index (κ3) is 2.68. The van der Waals surface area contributed by atoms with Crippen LogP contribution in [-0.4, -0.2) is 58.2 Å². The van der Waals surface area contributed by atoms with Gasteiger partial charge in [0.2, 0.25) is 11.9 Å². The molecule has 100 valence electrons. The first-order valence-electron chi connectivity index (χ1n) is 6.08. The van der Waals surface area contributed by atoms with Gasteiger partial charge in [0.25, 0.3) is 0 Å². The molecule has 0 aliphatic carbocycles. The molecule has 18 heavy (non-hydrogen) atoms. The molecule has 0 amide bonds. The first kappa shape index (κ1) is 13.0. The summed E-state index contributed by atoms with van der Waals surface area (Å²) in [6.45, 7) is 3.53. The molecule has 1 aliphatic rings. The second-order valence-electron chi connectivity index (χ2n) is 4.86. The van der Waals surface area contributed by atoms with E-state index in [1.165, 1.54) is 0 Å². The van der Waals surface area contributed by atoms with Crippen molar-refractivity contribution in [3.8, 4) is 0 Å². The predicted molar refractivity (Wildman–Crippen MR) is 69.2 cm³/mol. The Kier molecular flexibility index (Phi) is 3.63. The number of hydrogen-bond acceptors (Lipinski definition) is 7. The number of rotatable bonds is 3. The summed E-state index contributed by atoms with van der Waals surface area (Å²) in [5, 5.41) is 9.57. The summed E-state index contributed by atoms with van der Waals surface area (Å²) >= 11 is 0. The number of aliphatic hydroxyl groups excluding tert-OH is 1. The number of aliphatic hydroxyl groups is 1. The van der Waals surface area contributed by atoms with Crippen molar-refractivity contribution in [1.29, 1.82) is 0 Å². The van der Waals surface area contributed by atoms with E-state index >= 15 is 0 Å². The molecule has 0 saturated carbocycles. The van der Waals surface area contributed by atoms with Gasteiger partial charge in [-0.25, -0.2) is 0 Å². The molecule has 0 spiro atoms. The second-order valence-corrected chi connectivity index (χ2v) is 4.86. The molecule has 1 aliphatic heterocycles. The minimum absolute atomic E-state index is 0.0335. The van der Waals surface area contributed by atoms with Crippen LogP contribution in [0, 0.1) is 0 Å². The fourth-order valence-electron chi connectivity index (χ4n) is 2.07. The monoisotopic (exact) mass is 252 g/mol. The lowest BCUT2D eigenvalue weighted by molar-refractivity contribution is 0.161. The minimum atomic E-state index is -0.250. The lowest BCUT2D eigenvalue weighted by Gasteiger charge is -2.23. The van der Waals surface area contributed by atoms with E-state index in [0.717, 1.165) is 13.0 Å². The first-order chi connectivity index (χ1) is 8.47. The third-order valence-electron chi connectivity index (χ3n) is 3.17. The first-order valence-corrected chi connectivity index (χ1v) is 6.08. The molecule has 1 aromatic heterocycles. The highest BCUT2D eigenvalue weighted by Gasteiger charge is 2.27. The summed E-state index contributed by atoms with van der Waals surface area (Å²) in [6.07, 6.45) is 0.547. The summed E-state index contributed by atoms with van der Waals surface area (Å²) in [7, 11) is 3.73. The normalized spacial score (nSPS) is 22.1. The Morgan fingerprint density at radius 1 is 1.39 bits per heavy atom. The van der Waals surface area contributed by atoms with Gasteiger partial charge in [-0.2, -0.15) is 15.0 Å². The van der Waals surface area contributed by atoms with Gasteiger partial charge >= 0.3 is 0 Å². The van der Waals surface area contributed by atoms with Crippen LogP contribution < -0.4 is 10.6 Å². The Morgan fingerprint density at radius 3 is 2.67 bits per heavy atom. The standard InChI is InChI=1S/C11H20N6O/c1-7(17-5-4-8(18)6-17)9-13-10(12)15-11(14-9)16(2)3/h7-8,18H,4-6H2,1-3H3,(H2,12,13,14,15)/t7?,8-/m1/s1. The van der Waals surface area contributed by atoms with Crippen molar-refractivity contribution in [2.75, 3.05) is 37.8 Å². The Balaban J connectivity index is 2.21. The van der Waals surface area contributed by atoms with Crippen molar-refractivity contribution in [3.05, 3.63) is 5.82 Å². The maximum Gasteiger partial charge on any atom is 0.229 e. The molecular formula is C11H20N6O. The lowest BCUT2D eigenvalue weighted by Crippen LogP contribution is -2.28. The van der Waals surface area contributed by atoms with Crippen molar-refractivity contribution in [1.82, 2.24) is 19.9 Å². The fourth-order valence-corrected chi connectivity index (χ4v) is 2.07. The molecule has 1 saturated heterocycles. The van der Waals surface area contributed by atoms with Crippen molar-refractivity contribution in [2.45, 2.75) is 25.5 Å². The van der Waals surface area contributed by atoms with E-state index in [4.69, 9.17) is 5.73 Å². The van der Waals surface area contributed by atoms with Gasteiger partial charge in [0, 0.05) is 27.2 Å². The van der Waals surface area contributed by atoms with Crippen LogP contribution in [-0.2, 0) is 0 Å². The van der Waals surface area contributed by atoms with Gasteiger partial charge < -0.3 is 15.7 Å². The largest absolute Gasteiger partial charge is 0.392 e. The van der Waals surface area contributed by atoms with Crippen LogP contribution in [0.5, 0.6) is 0 Å². The molecule has 0 radical (unpaired) electrons. The SMILES string of the molecule is CC(c1nc(N)nc(N(C)C)n1)N1CC[C@@H](O)C1. The van der Waals surface area contributed by atoms with E-state index in [0.29, 0.717) is 18.3 Å². The van der Waals surface area contributed by atoms with Gasteiger partial charge in [0.05, 0.1) is 12.1 Å². The summed E-state index contributed by atoms with van der Waals surface area (Å²) in [4.78, 5) is 16.6. The predicted octanol–water partition coefficient (Wildman–Crippen LogP) is -0.353.